The Hall–Kier alpha value is -0.870. The third-order valence-corrected chi connectivity index (χ3v) is 8.50. The van der Waals surface area contributed by atoms with Crippen LogP contribution < -0.4 is 0 Å². The molecule has 4 bridgehead atoms. The van der Waals surface area contributed by atoms with Crippen LogP contribution in [0.25, 0.3) is 0 Å². The molecule has 1 aromatic heterocycles. The Kier molecular flexibility index (Phi) is 4.60. The molecule has 0 N–H and O–H groups in total. The van der Waals surface area contributed by atoms with Gasteiger partial charge in [0.1, 0.15) is 0 Å². The summed E-state index contributed by atoms with van der Waals surface area (Å²) in [4.78, 5) is 17.7. The predicted octanol–water partition coefficient (Wildman–Crippen LogP) is 4.51. The van der Waals surface area contributed by atoms with Crippen LogP contribution in [-0.2, 0) is 16.0 Å². The van der Waals surface area contributed by atoms with E-state index in [0.29, 0.717) is 11.9 Å². The van der Waals surface area contributed by atoms with Crippen molar-refractivity contribution in [2.24, 2.45) is 23.2 Å². The van der Waals surface area contributed by atoms with Gasteiger partial charge in [-0.2, -0.15) is 0 Å². The van der Waals surface area contributed by atoms with Crippen molar-refractivity contribution in [3.63, 3.8) is 0 Å². The zero-order chi connectivity index (χ0) is 17.6. The Morgan fingerprint density at radius 3 is 2.35 bits per heavy atom. The van der Waals surface area contributed by atoms with E-state index < -0.39 is 0 Å². The fraction of sp³-hybridized carbons (Fsp3) is 0.773. The van der Waals surface area contributed by atoms with Crippen LogP contribution in [0.15, 0.2) is 17.5 Å². The van der Waals surface area contributed by atoms with Gasteiger partial charge in [0.05, 0.1) is 5.41 Å². The molecule has 0 radical (unpaired) electrons. The molecule has 3 nitrogen and oxygen atoms in total. The molecular formula is C22H31NO2S. The minimum atomic E-state index is -0.0114. The molecule has 5 fully saturated rings. The monoisotopic (exact) mass is 373 g/mol. The topological polar surface area (TPSA) is 29.5 Å². The lowest BCUT2D eigenvalue weighted by molar-refractivity contribution is -0.161. The maximum atomic E-state index is 13.9. The molecule has 142 valence electrons. The van der Waals surface area contributed by atoms with Crippen LogP contribution in [0.1, 0.15) is 56.2 Å². The van der Waals surface area contributed by atoms with Gasteiger partial charge in [-0.3, -0.25) is 4.79 Å². The molecule has 1 amide bonds. The lowest BCUT2D eigenvalue weighted by Crippen LogP contribution is -2.57. The molecule has 1 aromatic rings. The predicted molar refractivity (Wildman–Crippen MR) is 104 cm³/mol. The fourth-order valence-corrected chi connectivity index (χ4v) is 7.51. The average molecular weight is 374 g/mol. The van der Waals surface area contributed by atoms with E-state index in [1.807, 2.05) is 11.3 Å². The van der Waals surface area contributed by atoms with Gasteiger partial charge in [-0.25, -0.2) is 0 Å². The van der Waals surface area contributed by atoms with Crippen LogP contribution in [0.4, 0.5) is 0 Å². The SMILES string of the molecule is O=C(N(CCc1cccs1)C1CCOCC1)C12CC3CC(CC(C3)C1)C2. The molecule has 1 saturated heterocycles. The average Bonchev–Trinajstić information content (AvgIpc) is 3.15. The Labute approximate surface area is 161 Å². The van der Waals surface area contributed by atoms with E-state index in [0.717, 1.165) is 56.8 Å². The number of hydrogen-bond donors (Lipinski definition) is 0. The molecular weight excluding hydrogens is 342 g/mol. The summed E-state index contributed by atoms with van der Waals surface area (Å²) >= 11 is 1.82. The summed E-state index contributed by atoms with van der Waals surface area (Å²) in [6.07, 6.45) is 10.8. The van der Waals surface area contributed by atoms with Gasteiger partial charge in [-0.15, -0.1) is 11.3 Å². The van der Waals surface area contributed by atoms with E-state index in [9.17, 15) is 4.79 Å². The van der Waals surface area contributed by atoms with Crippen molar-refractivity contribution in [3.05, 3.63) is 22.4 Å². The third kappa shape index (κ3) is 3.13. The Bertz CT molecular complexity index is 599. The number of amides is 1. The van der Waals surface area contributed by atoms with Gasteiger partial charge in [0.15, 0.2) is 0 Å². The molecule has 5 aliphatic rings. The Morgan fingerprint density at radius 2 is 1.77 bits per heavy atom. The van der Waals surface area contributed by atoms with Crippen LogP contribution in [0.2, 0.25) is 0 Å². The van der Waals surface area contributed by atoms with Gasteiger partial charge < -0.3 is 9.64 Å². The summed E-state index contributed by atoms with van der Waals surface area (Å²) in [5.74, 6) is 3.01. The maximum Gasteiger partial charge on any atom is 0.229 e. The van der Waals surface area contributed by atoms with Gasteiger partial charge in [-0.1, -0.05) is 6.07 Å². The summed E-state index contributed by atoms with van der Waals surface area (Å²) in [7, 11) is 0. The third-order valence-electron chi connectivity index (χ3n) is 7.56. The maximum absolute atomic E-state index is 13.9. The second-order valence-corrected chi connectivity index (χ2v) is 10.4. The number of ether oxygens (including phenoxy) is 1. The van der Waals surface area contributed by atoms with Crippen molar-refractivity contribution in [2.75, 3.05) is 19.8 Å². The highest BCUT2D eigenvalue weighted by molar-refractivity contribution is 7.09. The first-order valence-electron chi connectivity index (χ1n) is 10.6. The van der Waals surface area contributed by atoms with Gasteiger partial charge in [-0.05, 0) is 87.0 Å². The van der Waals surface area contributed by atoms with Crippen LogP contribution in [0, 0.1) is 23.2 Å². The highest BCUT2D eigenvalue weighted by atomic mass is 32.1. The molecule has 2 heterocycles. The summed E-state index contributed by atoms with van der Waals surface area (Å²) in [5, 5.41) is 2.15. The summed E-state index contributed by atoms with van der Waals surface area (Å²) in [5.41, 5.74) is -0.0114. The summed E-state index contributed by atoms with van der Waals surface area (Å²) in [6.45, 7) is 2.52. The van der Waals surface area contributed by atoms with Gasteiger partial charge in [0.25, 0.3) is 0 Å². The van der Waals surface area contributed by atoms with E-state index in [4.69, 9.17) is 4.74 Å². The van der Waals surface area contributed by atoms with E-state index in [-0.39, 0.29) is 5.41 Å². The second kappa shape index (κ2) is 6.94. The minimum Gasteiger partial charge on any atom is -0.381 e. The van der Waals surface area contributed by atoms with Crippen molar-refractivity contribution in [2.45, 2.75) is 63.8 Å². The number of rotatable bonds is 5. The molecule has 0 unspecified atom stereocenters. The Balaban J connectivity index is 1.37. The molecule has 1 aliphatic heterocycles. The normalized spacial score (nSPS) is 36.4. The number of carbonyl (C=O) groups is 1. The number of hydrogen-bond acceptors (Lipinski definition) is 3. The van der Waals surface area contributed by atoms with Crippen LogP contribution >= 0.6 is 11.3 Å². The summed E-state index contributed by atoms with van der Waals surface area (Å²) in [6, 6.07) is 4.73. The van der Waals surface area contributed by atoms with E-state index >= 15 is 0 Å². The lowest BCUT2D eigenvalue weighted by Gasteiger charge is -2.57. The lowest BCUT2D eigenvalue weighted by atomic mass is 9.49. The smallest absolute Gasteiger partial charge is 0.229 e. The van der Waals surface area contributed by atoms with Crippen molar-refractivity contribution in [3.8, 4) is 0 Å². The molecule has 26 heavy (non-hydrogen) atoms. The molecule has 0 atom stereocenters. The van der Waals surface area contributed by atoms with Gasteiger partial charge in [0.2, 0.25) is 5.91 Å². The first-order chi connectivity index (χ1) is 12.7. The fourth-order valence-electron chi connectivity index (χ4n) is 6.81. The highest BCUT2D eigenvalue weighted by Gasteiger charge is 2.56. The van der Waals surface area contributed by atoms with Crippen LogP contribution in [-0.4, -0.2) is 36.6 Å². The molecule has 0 spiro atoms. The largest absolute Gasteiger partial charge is 0.381 e. The second-order valence-electron chi connectivity index (χ2n) is 9.37. The van der Waals surface area contributed by atoms with Crippen molar-refractivity contribution in [1.82, 2.24) is 4.90 Å². The van der Waals surface area contributed by atoms with Gasteiger partial charge >= 0.3 is 0 Å². The number of thiophene rings is 1. The first kappa shape index (κ1) is 17.2. The Morgan fingerprint density at radius 1 is 1.12 bits per heavy atom. The molecule has 4 aliphatic carbocycles. The van der Waals surface area contributed by atoms with E-state index in [1.54, 1.807) is 0 Å². The zero-order valence-electron chi connectivity index (χ0n) is 15.7. The van der Waals surface area contributed by atoms with Crippen molar-refractivity contribution < 1.29 is 9.53 Å². The van der Waals surface area contributed by atoms with Crippen LogP contribution in [0.3, 0.4) is 0 Å². The van der Waals surface area contributed by atoms with Crippen LogP contribution in [0.5, 0.6) is 0 Å². The van der Waals surface area contributed by atoms with Crippen molar-refractivity contribution in [1.29, 1.82) is 0 Å². The molecule has 4 heteroatoms. The van der Waals surface area contributed by atoms with E-state index in [1.165, 1.54) is 43.4 Å². The van der Waals surface area contributed by atoms with E-state index in [2.05, 4.69) is 22.4 Å². The first-order valence-corrected chi connectivity index (χ1v) is 11.5. The summed E-state index contributed by atoms with van der Waals surface area (Å²) < 4.78 is 5.59. The standard InChI is InChI=1S/C22H31NO2S/c24-21(22-13-16-10-17(14-22)12-18(11-16)15-22)23(19-4-7-25-8-5-19)6-3-20-2-1-9-26-20/h1-2,9,16-19H,3-8,10-15H2. The zero-order valence-corrected chi connectivity index (χ0v) is 16.5. The number of nitrogens with zero attached hydrogens (tertiary/aromatic N) is 1. The number of carbonyl (C=O) groups excluding carboxylic acids is 1. The molecule has 0 aromatic carbocycles. The quantitative estimate of drug-likeness (QED) is 0.760. The molecule has 4 saturated carbocycles. The van der Waals surface area contributed by atoms with Gasteiger partial charge in [0, 0.05) is 30.7 Å². The molecule has 6 rings (SSSR count). The highest BCUT2D eigenvalue weighted by Crippen LogP contribution is 2.60. The van der Waals surface area contributed by atoms with Crippen molar-refractivity contribution >= 4 is 17.2 Å². The minimum absolute atomic E-state index is 0.0114.